The molecule has 0 nitrogen and oxygen atoms in total. The minimum atomic E-state index is 0.943. The Morgan fingerprint density at radius 3 is 1.73 bits per heavy atom. The average Bonchev–Trinajstić information content (AvgIpc) is 2.79. The van der Waals surface area contributed by atoms with Gasteiger partial charge in [-0.05, 0) is 79.8 Å². The Morgan fingerprint density at radius 2 is 1.23 bits per heavy atom. The maximum Gasteiger partial charge on any atom is 0.0249 e. The van der Waals surface area contributed by atoms with Crippen molar-refractivity contribution in [2.75, 3.05) is 0 Å². The van der Waals surface area contributed by atoms with Gasteiger partial charge in [-0.15, -0.1) is 0 Å². The molecule has 0 spiro atoms. The van der Waals surface area contributed by atoms with Crippen LogP contribution >= 0.6 is 0 Å². The maximum absolute atomic E-state index is 3.32. The second-order valence-electron chi connectivity index (χ2n) is 8.97. The molecular formula is C30H38. The van der Waals surface area contributed by atoms with Crippen molar-refractivity contribution in [2.45, 2.75) is 78.1 Å². The fourth-order valence-electron chi connectivity index (χ4n) is 4.66. The molecular weight excluding hydrogens is 360 g/mol. The highest BCUT2D eigenvalue weighted by Gasteiger charge is 2.20. The molecule has 0 bridgehead atoms. The summed E-state index contributed by atoms with van der Waals surface area (Å²) in [5.74, 6) is 8.59. The first-order valence-corrected chi connectivity index (χ1v) is 12.1. The van der Waals surface area contributed by atoms with E-state index in [1.165, 1.54) is 62.5 Å². The third-order valence-corrected chi connectivity index (χ3v) is 6.60. The molecule has 1 aliphatic rings. The van der Waals surface area contributed by atoms with Gasteiger partial charge in [0.1, 0.15) is 0 Å². The van der Waals surface area contributed by atoms with Crippen LogP contribution in [0.5, 0.6) is 0 Å². The Kier molecular flexibility index (Phi) is 9.30. The van der Waals surface area contributed by atoms with Gasteiger partial charge in [0.2, 0.25) is 0 Å². The van der Waals surface area contributed by atoms with E-state index in [-0.39, 0.29) is 0 Å². The van der Waals surface area contributed by atoms with Crippen LogP contribution in [0.3, 0.4) is 0 Å². The lowest BCUT2D eigenvalue weighted by atomic mass is 9.78. The van der Waals surface area contributed by atoms with Crippen LogP contribution in [0.25, 0.3) is 0 Å². The first-order valence-electron chi connectivity index (χ1n) is 12.1. The monoisotopic (exact) mass is 398 g/mol. The summed E-state index contributed by atoms with van der Waals surface area (Å²) in [7, 11) is 0. The number of benzene rings is 2. The number of hydrogen-bond donors (Lipinski definition) is 0. The lowest BCUT2D eigenvalue weighted by Crippen LogP contribution is -2.15. The van der Waals surface area contributed by atoms with Gasteiger partial charge in [-0.2, -0.15) is 0 Å². The van der Waals surface area contributed by atoms with Crippen molar-refractivity contribution in [1.29, 1.82) is 0 Å². The number of aryl methyl sites for hydroxylation is 2. The first-order chi connectivity index (χ1) is 14.8. The molecule has 158 valence electrons. The summed E-state index contributed by atoms with van der Waals surface area (Å²) in [5, 5.41) is 0. The van der Waals surface area contributed by atoms with E-state index in [1.54, 1.807) is 0 Å². The summed E-state index contributed by atoms with van der Waals surface area (Å²) < 4.78 is 0. The van der Waals surface area contributed by atoms with Gasteiger partial charge in [-0.1, -0.05) is 93.7 Å². The van der Waals surface area contributed by atoms with E-state index in [9.17, 15) is 0 Å². The topological polar surface area (TPSA) is 0 Å². The van der Waals surface area contributed by atoms with Crippen molar-refractivity contribution < 1.29 is 0 Å². The SMILES string of the molecule is CC=CCCc1ccc(C#Cc2ccc(CCC3CCC(CCC)CC3)cc2)cc1. The molecule has 1 fully saturated rings. The summed E-state index contributed by atoms with van der Waals surface area (Å²) >= 11 is 0. The Balaban J connectivity index is 1.45. The molecule has 0 aromatic heterocycles. The molecule has 0 N–H and O–H groups in total. The minimum absolute atomic E-state index is 0.943. The largest absolute Gasteiger partial charge is 0.0917 e. The lowest BCUT2D eigenvalue weighted by molar-refractivity contribution is 0.252. The van der Waals surface area contributed by atoms with Gasteiger partial charge in [0, 0.05) is 11.1 Å². The van der Waals surface area contributed by atoms with Crippen molar-refractivity contribution in [3.05, 3.63) is 82.9 Å². The molecule has 0 atom stereocenters. The quantitative estimate of drug-likeness (QED) is 0.311. The van der Waals surface area contributed by atoms with Crippen LogP contribution in [-0.2, 0) is 12.8 Å². The standard InChI is InChI=1S/C30H38/c1-3-5-6-8-26-11-15-28(16-12-26)18-20-30-23-21-29(22-24-30)19-17-27-13-9-25(7-4-2)10-14-27/h3,5,11-12,15-16,21-25,27H,4,6-10,13-14,17,19H2,1-2H3. The Hall–Kier alpha value is -2.26. The van der Waals surface area contributed by atoms with Gasteiger partial charge in [-0.3, -0.25) is 0 Å². The van der Waals surface area contributed by atoms with Gasteiger partial charge < -0.3 is 0 Å². The summed E-state index contributed by atoms with van der Waals surface area (Å²) in [6, 6.07) is 17.6. The summed E-state index contributed by atoms with van der Waals surface area (Å²) in [4.78, 5) is 0. The van der Waals surface area contributed by atoms with Crippen LogP contribution in [0.1, 0.15) is 87.5 Å². The highest BCUT2D eigenvalue weighted by molar-refractivity contribution is 5.44. The molecule has 0 aliphatic heterocycles. The molecule has 0 amide bonds. The zero-order valence-corrected chi connectivity index (χ0v) is 19.0. The van der Waals surface area contributed by atoms with Gasteiger partial charge >= 0.3 is 0 Å². The predicted molar refractivity (Wildman–Crippen MR) is 131 cm³/mol. The molecule has 0 unspecified atom stereocenters. The third kappa shape index (κ3) is 7.53. The Bertz CT molecular complexity index is 818. The molecule has 0 saturated heterocycles. The molecule has 2 aromatic rings. The molecule has 30 heavy (non-hydrogen) atoms. The highest BCUT2D eigenvalue weighted by Crippen LogP contribution is 2.33. The fraction of sp³-hybridized carbons (Fsp3) is 0.467. The van der Waals surface area contributed by atoms with E-state index in [0.717, 1.165) is 35.8 Å². The smallest absolute Gasteiger partial charge is 0.0249 e. The van der Waals surface area contributed by atoms with Crippen molar-refractivity contribution in [2.24, 2.45) is 11.8 Å². The van der Waals surface area contributed by atoms with Crippen LogP contribution in [0, 0.1) is 23.7 Å². The second-order valence-corrected chi connectivity index (χ2v) is 8.97. The Morgan fingerprint density at radius 1 is 0.733 bits per heavy atom. The minimum Gasteiger partial charge on any atom is -0.0917 e. The Labute approximate surface area is 184 Å². The molecule has 0 heteroatoms. The molecule has 1 aliphatic carbocycles. The number of rotatable bonds is 8. The van der Waals surface area contributed by atoms with Gasteiger partial charge in [-0.25, -0.2) is 0 Å². The van der Waals surface area contributed by atoms with E-state index >= 15 is 0 Å². The normalized spacial score (nSPS) is 18.9. The van der Waals surface area contributed by atoms with Crippen LogP contribution < -0.4 is 0 Å². The highest BCUT2D eigenvalue weighted by atomic mass is 14.3. The van der Waals surface area contributed by atoms with Crippen molar-refractivity contribution in [1.82, 2.24) is 0 Å². The summed E-state index contributed by atoms with van der Waals surface area (Å²) in [6.07, 6.45) is 17.7. The van der Waals surface area contributed by atoms with Crippen LogP contribution in [0.15, 0.2) is 60.7 Å². The maximum atomic E-state index is 3.32. The molecule has 2 aromatic carbocycles. The van der Waals surface area contributed by atoms with E-state index < -0.39 is 0 Å². The lowest BCUT2D eigenvalue weighted by Gasteiger charge is -2.28. The van der Waals surface area contributed by atoms with E-state index in [0.29, 0.717) is 0 Å². The zero-order valence-electron chi connectivity index (χ0n) is 19.0. The van der Waals surface area contributed by atoms with Crippen molar-refractivity contribution in [3.63, 3.8) is 0 Å². The van der Waals surface area contributed by atoms with E-state index in [1.807, 2.05) is 0 Å². The molecule has 0 heterocycles. The first kappa shape index (κ1) is 22.4. The van der Waals surface area contributed by atoms with Gasteiger partial charge in [0.05, 0.1) is 0 Å². The zero-order chi connectivity index (χ0) is 21.0. The predicted octanol–water partition coefficient (Wildman–Crippen LogP) is 8.13. The summed E-state index contributed by atoms with van der Waals surface area (Å²) in [5.41, 5.74) is 5.03. The van der Waals surface area contributed by atoms with E-state index in [2.05, 4.69) is 86.4 Å². The average molecular weight is 399 g/mol. The third-order valence-electron chi connectivity index (χ3n) is 6.60. The van der Waals surface area contributed by atoms with Crippen molar-refractivity contribution in [3.8, 4) is 11.8 Å². The fourth-order valence-corrected chi connectivity index (χ4v) is 4.66. The molecule has 3 rings (SSSR count). The van der Waals surface area contributed by atoms with E-state index in [4.69, 9.17) is 0 Å². The van der Waals surface area contributed by atoms with Crippen LogP contribution in [0.2, 0.25) is 0 Å². The van der Waals surface area contributed by atoms with Gasteiger partial charge in [0.15, 0.2) is 0 Å². The van der Waals surface area contributed by atoms with Gasteiger partial charge in [0.25, 0.3) is 0 Å². The number of allylic oxidation sites excluding steroid dienone is 2. The van der Waals surface area contributed by atoms with Crippen LogP contribution in [0.4, 0.5) is 0 Å². The van der Waals surface area contributed by atoms with Crippen molar-refractivity contribution >= 4 is 0 Å². The number of hydrogen-bond acceptors (Lipinski definition) is 0. The summed E-state index contributed by atoms with van der Waals surface area (Å²) in [6.45, 7) is 4.40. The second kappa shape index (κ2) is 12.4. The molecule has 1 saturated carbocycles. The molecule has 0 radical (unpaired) electrons. The van der Waals surface area contributed by atoms with Crippen LogP contribution in [-0.4, -0.2) is 0 Å².